The molecule has 2 aromatic rings. The minimum atomic E-state index is -0.614. The van der Waals surface area contributed by atoms with E-state index < -0.39 is 11.9 Å². The third kappa shape index (κ3) is 1.97. The number of nitriles is 1. The summed E-state index contributed by atoms with van der Waals surface area (Å²) in [7, 11) is 1.31. The number of ether oxygens (including phenoxy) is 1. The molecule has 1 heterocycles. The molecule has 0 aliphatic carbocycles. The Bertz CT molecular complexity index is 583. The topological polar surface area (TPSA) is 78.8 Å². The van der Waals surface area contributed by atoms with Crippen molar-refractivity contribution in [1.29, 1.82) is 5.26 Å². The van der Waals surface area contributed by atoms with Crippen molar-refractivity contribution >= 4 is 16.9 Å². The van der Waals surface area contributed by atoms with E-state index in [0.29, 0.717) is 5.69 Å². The first-order valence-electron chi connectivity index (χ1n) is 5.15. The predicted molar refractivity (Wildman–Crippen MR) is 61.1 cm³/mol. The minimum absolute atomic E-state index is 0.0683. The van der Waals surface area contributed by atoms with Crippen LogP contribution < -0.4 is 0 Å². The second kappa shape index (κ2) is 4.66. The fourth-order valence-electron chi connectivity index (χ4n) is 1.78. The zero-order chi connectivity index (χ0) is 12.3. The molecule has 0 bridgehead atoms. The molecule has 1 aromatic carbocycles. The number of hydrogen-bond acceptors (Lipinski definition) is 4. The van der Waals surface area contributed by atoms with Crippen LogP contribution >= 0.6 is 0 Å². The van der Waals surface area contributed by atoms with Gasteiger partial charge in [-0.2, -0.15) is 10.4 Å². The van der Waals surface area contributed by atoms with Crippen molar-refractivity contribution in [2.75, 3.05) is 7.11 Å². The van der Waals surface area contributed by atoms with E-state index in [1.54, 1.807) is 0 Å². The summed E-state index contributed by atoms with van der Waals surface area (Å²) in [6.45, 7) is 0. The van der Waals surface area contributed by atoms with Gasteiger partial charge in [-0.1, -0.05) is 18.2 Å². The van der Waals surface area contributed by atoms with Gasteiger partial charge in [0.15, 0.2) is 0 Å². The number of aromatic nitrogens is 2. The largest absolute Gasteiger partial charge is 0.468 e. The van der Waals surface area contributed by atoms with Crippen molar-refractivity contribution in [1.82, 2.24) is 10.2 Å². The third-order valence-corrected chi connectivity index (χ3v) is 2.62. The maximum absolute atomic E-state index is 11.6. The first-order chi connectivity index (χ1) is 8.27. The lowest BCUT2D eigenvalue weighted by atomic mass is 9.99. The van der Waals surface area contributed by atoms with E-state index in [4.69, 9.17) is 10.00 Å². The van der Waals surface area contributed by atoms with Crippen LogP contribution in [-0.4, -0.2) is 23.3 Å². The summed E-state index contributed by atoms with van der Waals surface area (Å²) >= 11 is 0. The van der Waals surface area contributed by atoms with E-state index in [9.17, 15) is 4.79 Å². The summed E-state index contributed by atoms with van der Waals surface area (Å²) < 4.78 is 4.70. The van der Waals surface area contributed by atoms with Gasteiger partial charge in [0.1, 0.15) is 5.92 Å². The number of rotatable bonds is 3. The number of hydrogen-bond donors (Lipinski definition) is 1. The molecular formula is C12H11N3O2. The average Bonchev–Trinajstić information content (AvgIpc) is 2.79. The van der Waals surface area contributed by atoms with Crippen LogP contribution in [0.1, 0.15) is 18.0 Å². The number of para-hydroxylation sites is 1. The zero-order valence-corrected chi connectivity index (χ0v) is 9.30. The van der Waals surface area contributed by atoms with Crippen LogP contribution in [0, 0.1) is 11.3 Å². The highest BCUT2D eigenvalue weighted by Gasteiger charge is 2.25. The van der Waals surface area contributed by atoms with E-state index in [0.717, 1.165) is 10.9 Å². The molecule has 17 heavy (non-hydrogen) atoms. The van der Waals surface area contributed by atoms with Crippen LogP contribution in [0.5, 0.6) is 0 Å². The second-order valence-electron chi connectivity index (χ2n) is 3.59. The lowest BCUT2D eigenvalue weighted by molar-refractivity contribution is -0.142. The van der Waals surface area contributed by atoms with E-state index in [1.807, 2.05) is 30.3 Å². The van der Waals surface area contributed by atoms with Crippen molar-refractivity contribution < 1.29 is 9.53 Å². The molecule has 1 unspecified atom stereocenters. The molecule has 1 aromatic heterocycles. The molecule has 1 atom stereocenters. The Kier molecular flexibility index (Phi) is 3.06. The van der Waals surface area contributed by atoms with Crippen molar-refractivity contribution in [2.24, 2.45) is 0 Å². The number of carbonyl (C=O) groups is 1. The maximum atomic E-state index is 11.6. The van der Waals surface area contributed by atoms with Crippen LogP contribution in [0.3, 0.4) is 0 Å². The second-order valence-corrected chi connectivity index (χ2v) is 3.59. The molecule has 0 spiro atoms. The number of H-pyrrole nitrogens is 1. The van der Waals surface area contributed by atoms with Gasteiger partial charge in [0.2, 0.25) is 0 Å². The average molecular weight is 229 g/mol. The Labute approximate surface area is 98.0 Å². The monoisotopic (exact) mass is 229 g/mol. The number of nitrogens with one attached hydrogen (secondary N) is 1. The van der Waals surface area contributed by atoms with Gasteiger partial charge in [-0.05, 0) is 6.07 Å². The number of carbonyl (C=O) groups excluding carboxylic acids is 1. The molecule has 86 valence electrons. The van der Waals surface area contributed by atoms with Gasteiger partial charge < -0.3 is 4.74 Å². The molecule has 0 amide bonds. The van der Waals surface area contributed by atoms with Crippen LogP contribution in [-0.2, 0) is 9.53 Å². The van der Waals surface area contributed by atoms with E-state index in [-0.39, 0.29) is 6.42 Å². The summed E-state index contributed by atoms with van der Waals surface area (Å²) in [6.07, 6.45) is 0.0683. The van der Waals surface area contributed by atoms with Gasteiger partial charge >= 0.3 is 5.97 Å². The highest BCUT2D eigenvalue weighted by Crippen LogP contribution is 2.26. The third-order valence-electron chi connectivity index (χ3n) is 2.62. The van der Waals surface area contributed by atoms with E-state index in [2.05, 4.69) is 10.2 Å². The molecule has 0 aliphatic rings. The van der Waals surface area contributed by atoms with Gasteiger partial charge in [-0.25, -0.2) is 0 Å². The van der Waals surface area contributed by atoms with Gasteiger partial charge in [0.05, 0.1) is 30.8 Å². The number of esters is 1. The molecular weight excluding hydrogens is 218 g/mol. The number of methoxy groups -OCH3 is 1. The quantitative estimate of drug-likeness (QED) is 0.813. The van der Waals surface area contributed by atoms with Crippen LogP contribution in [0.2, 0.25) is 0 Å². The van der Waals surface area contributed by atoms with Crippen molar-refractivity contribution in [2.45, 2.75) is 12.3 Å². The summed E-state index contributed by atoms with van der Waals surface area (Å²) in [6, 6.07) is 9.42. The molecule has 0 radical (unpaired) electrons. The number of fused-ring (bicyclic) bond motifs is 1. The molecule has 2 rings (SSSR count). The smallest absolute Gasteiger partial charge is 0.315 e. The van der Waals surface area contributed by atoms with E-state index >= 15 is 0 Å². The summed E-state index contributed by atoms with van der Waals surface area (Å²) in [4.78, 5) is 11.6. The molecule has 1 N–H and O–H groups in total. The molecule has 0 saturated carbocycles. The fourth-order valence-corrected chi connectivity index (χ4v) is 1.78. The summed E-state index contributed by atoms with van der Waals surface area (Å²) in [5.41, 5.74) is 1.41. The van der Waals surface area contributed by atoms with Gasteiger partial charge in [0.25, 0.3) is 0 Å². The number of benzene rings is 1. The van der Waals surface area contributed by atoms with Crippen LogP contribution in [0.15, 0.2) is 24.3 Å². The minimum Gasteiger partial charge on any atom is -0.468 e. The standard InChI is InChI=1S/C12H11N3O2/c1-17-12(16)9(6-7-13)11-8-4-2-3-5-10(8)14-15-11/h2-5,9H,6H2,1H3,(H,14,15). The zero-order valence-electron chi connectivity index (χ0n) is 9.30. The van der Waals surface area contributed by atoms with Crippen molar-refractivity contribution in [3.05, 3.63) is 30.0 Å². The fraction of sp³-hybridized carbons (Fsp3) is 0.250. The molecule has 5 nitrogen and oxygen atoms in total. The number of aromatic amines is 1. The lowest BCUT2D eigenvalue weighted by Crippen LogP contribution is -2.14. The Morgan fingerprint density at radius 3 is 3.06 bits per heavy atom. The van der Waals surface area contributed by atoms with Crippen molar-refractivity contribution in [3.8, 4) is 6.07 Å². The molecule has 0 aliphatic heterocycles. The highest BCUT2D eigenvalue weighted by atomic mass is 16.5. The predicted octanol–water partition coefficient (Wildman–Crippen LogP) is 1.73. The first-order valence-corrected chi connectivity index (χ1v) is 5.15. The molecule has 0 fully saturated rings. The SMILES string of the molecule is COC(=O)C(CC#N)c1[nH]nc2ccccc12. The van der Waals surface area contributed by atoms with Gasteiger partial charge in [0, 0.05) is 5.39 Å². The maximum Gasteiger partial charge on any atom is 0.315 e. The van der Waals surface area contributed by atoms with Crippen LogP contribution in [0.4, 0.5) is 0 Å². The Balaban J connectivity index is 2.49. The first kappa shape index (κ1) is 11.1. The van der Waals surface area contributed by atoms with Crippen LogP contribution in [0.25, 0.3) is 10.9 Å². The van der Waals surface area contributed by atoms with Gasteiger partial charge in [-0.15, -0.1) is 0 Å². The number of nitrogens with zero attached hydrogens (tertiary/aromatic N) is 2. The molecule has 0 saturated heterocycles. The van der Waals surface area contributed by atoms with Crippen molar-refractivity contribution in [3.63, 3.8) is 0 Å². The lowest BCUT2D eigenvalue weighted by Gasteiger charge is -2.09. The Morgan fingerprint density at radius 1 is 1.59 bits per heavy atom. The van der Waals surface area contributed by atoms with Gasteiger partial charge in [-0.3, -0.25) is 9.89 Å². The Morgan fingerprint density at radius 2 is 2.35 bits per heavy atom. The highest BCUT2D eigenvalue weighted by molar-refractivity contribution is 5.88. The molecule has 5 heteroatoms. The Hall–Kier alpha value is -2.35. The van der Waals surface area contributed by atoms with E-state index in [1.165, 1.54) is 7.11 Å². The summed E-state index contributed by atoms with van der Waals surface area (Å²) in [5, 5.41) is 16.5. The summed E-state index contributed by atoms with van der Waals surface area (Å²) in [5.74, 6) is -1.04. The normalized spacial score (nSPS) is 12.0.